The van der Waals surface area contributed by atoms with E-state index in [1.807, 2.05) is 0 Å². The molecule has 0 aliphatic heterocycles. The molecule has 0 atom stereocenters. The summed E-state index contributed by atoms with van der Waals surface area (Å²) in [5.74, 6) is -0.571. The Morgan fingerprint density at radius 2 is 1.50 bits per heavy atom. The van der Waals surface area contributed by atoms with E-state index in [2.05, 4.69) is 9.78 Å². The van der Waals surface area contributed by atoms with E-state index in [4.69, 9.17) is 10.5 Å². The number of unbranched alkanes of at least 4 members (excludes halogenated alkanes) is 5. The monoisotopic (exact) mass is 206 g/mol. The summed E-state index contributed by atoms with van der Waals surface area (Å²) in [6, 6.07) is 0. The van der Waals surface area contributed by atoms with E-state index in [1.54, 1.807) is 0 Å². The van der Waals surface area contributed by atoms with Gasteiger partial charge in [0.2, 0.25) is 0 Å². The SMILES string of the molecule is O=C(CCCCCCCCOO)OO. The Bertz CT molecular complexity index is 137. The Labute approximate surface area is 83.5 Å². The van der Waals surface area contributed by atoms with E-state index in [9.17, 15) is 4.79 Å². The molecule has 0 unspecified atom stereocenters. The normalized spacial score (nSPS) is 10.1. The summed E-state index contributed by atoms with van der Waals surface area (Å²) in [6.07, 6.45) is 5.96. The van der Waals surface area contributed by atoms with Crippen LogP contribution in [-0.2, 0) is 14.6 Å². The van der Waals surface area contributed by atoms with Crippen LogP contribution in [0.25, 0.3) is 0 Å². The molecule has 5 nitrogen and oxygen atoms in total. The van der Waals surface area contributed by atoms with Gasteiger partial charge in [-0.05, 0) is 12.8 Å². The van der Waals surface area contributed by atoms with Crippen LogP contribution in [0.5, 0.6) is 0 Å². The van der Waals surface area contributed by atoms with Crippen LogP contribution in [0, 0.1) is 0 Å². The second-order valence-corrected chi connectivity index (χ2v) is 3.17. The molecule has 14 heavy (non-hydrogen) atoms. The maximum atomic E-state index is 10.5. The summed E-state index contributed by atoms with van der Waals surface area (Å²) in [7, 11) is 0. The van der Waals surface area contributed by atoms with Crippen molar-refractivity contribution in [1.82, 2.24) is 0 Å². The number of hydrogen-bond donors (Lipinski definition) is 2. The van der Waals surface area contributed by atoms with Gasteiger partial charge in [0.25, 0.3) is 0 Å². The molecule has 0 aromatic heterocycles. The zero-order valence-corrected chi connectivity index (χ0v) is 8.28. The Kier molecular flexibility index (Phi) is 9.95. The van der Waals surface area contributed by atoms with Crippen molar-refractivity contribution in [3.63, 3.8) is 0 Å². The molecule has 0 saturated heterocycles. The maximum Gasteiger partial charge on any atom is 0.342 e. The molecule has 5 heteroatoms. The predicted molar refractivity (Wildman–Crippen MR) is 49.6 cm³/mol. The van der Waals surface area contributed by atoms with Gasteiger partial charge in [0.1, 0.15) is 0 Å². The molecular formula is C9H18O5. The second-order valence-electron chi connectivity index (χ2n) is 3.17. The fourth-order valence-electron chi connectivity index (χ4n) is 1.19. The third-order valence-electron chi connectivity index (χ3n) is 1.97. The molecule has 0 bridgehead atoms. The highest BCUT2D eigenvalue weighted by Crippen LogP contribution is 2.07. The van der Waals surface area contributed by atoms with E-state index in [0.29, 0.717) is 6.61 Å². The first-order chi connectivity index (χ1) is 6.81. The molecule has 2 N–H and O–H groups in total. The second kappa shape index (κ2) is 10.4. The van der Waals surface area contributed by atoms with Gasteiger partial charge in [-0.3, -0.25) is 5.26 Å². The number of hydrogen-bond acceptors (Lipinski definition) is 5. The van der Waals surface area contributed by atoms with Gasteiger partial charge in [-0.1, -0.05) is 25.7 Å². The predicted octanol–water partition coefficient (Wildman–Crippen LogP) is 2.22. The lowest BCUT2D eigenvalue weighted by molar-refractivity contribution is -0.242. The van der Waals surface area contributed by atoms with Crippen molar-refractivity contribution in [2.75, 3.05) is 6.61 Å². The van der Waals surface area contributed by atoms with Crippen molar-refractivity contribution >= 4 is 5.97 Å². The van der Waals surface area contributed by atoms with Crippen LogP contribution in [0.15, 0.2) is 0 Å². The maximum absolute atomic E-state index is 10.5. The molecule has 84 valence electrons. The quantitative estimate of drug-likeness (QED) is 0.343. The highest BCUT2D eigenvalue weighted by Gasteiger charge is 2.00. The van der Waals surface area contributed by atoms with E-state index in [0.717, 1.165) is 38.5 Å². The van der Waals surface area contributed by atoms with Crippen LogP contribution in [0.4, 0.5) is 0 Å². The lowest BCUT2D eigenvalue weighted by atomic mass is 10.1. The molecule has 0 aromatic carbocycles. The Morgan fingerprint density at radius 3 is 2.07 bits per heavy atom. The molecule has 0 heterocycles. The molecule has 0 aliphatic carbocycles. The smallest absolute Gasteiger partial charge is 0.301 e. The minimum Gasteiger partial charge on any atom is -0.301 e. The first-order valence-electron chi connectivity index (χ1n) is 4.92. The van der Waals surface area contributed by atoms with Gasteiger partial charge in [-0.25, -0.2) is 9.68 Å². The van der Waals surface area contributed by atoms with Crippen LogP contribution in [0.1, 0.15) is 44.9 Å². The van der Waals surface area contributed by atoms with Gasteiger partial charge >= 0.3 is 5.97 Å². The summed E-state index contributed by atoms with van der Waals surface area (Å²) < 4.78 is 0. The molecule has 0 spiro atoms. The zero-order chi connectivity index (χ0) is 10.6. The molecule has 0 radical (unpaired) electrons. The summed E-state index contributed by atoms with van der Waals surface area (Å²) in [5, 5.41) is 16.0. The van der Waals surface area contributed by atoms with Crippen LogP contribution < -0.4 is 0 Å². The van der Waals surface area contributed by atoms with Gasteiger partial charge < -0.3 is 4.89 Å². The first kappa shape index (κ1) is 13.4. The summed E-state index contributed by atoms with van der Waals surface area (Å²) in [4.78, 5) is 17.9. The van der Waals surface area contributed by atoms with E-state index in [1.165, 1.54) is 0 Å². The van der Waals surface area contributed by atoms with Crippen LogP contribution in [0.3, 0.4) is 0 Å². The average Bonchev–Trinajstić information content (AvgIpc) is 2.21. The minimum absolute atomic E-state index is 0.274. The fourth-order valence-corrected chi connectivity index (χ4v) is 1.19. The molecule has 0 fully saturated rings. The van der Waals surface area contributed by atoms with Gasteiger partial charge in [0.15, 0.2) is 0 Å². The van der Waals surface area contributed by atoms with Crippen molar-refractivity contribution in [3.8, 4) is 0 Å². The Balaban J connectivity index is 2.95. The number of carbonyl (C=O) groups excluding carboxylic acids is 1. The first-order valence-corrected chi connectivity index (χ1v) is 4.92. The Hall–Kier alpha value is -0.650. The third kappa shape index (κ3) is 9.44. The number of carbonyl (C=O) groups is 1. The molecule has 0 aromatic rings. The lowest BCUT2D eigenvalue weighted by Crippen LogP contribution is -1.99. The van der Waals surface area contributed by atoms with Crippen molar-refractivity contribution in [1.29, 1.82) is 0 Å². The summed E-state index contributed by atoms with van der Waals surface area (Å²) in [6.45, 7) is 0.386. The molecule has 0 aliphatic rings. The van der Waals surface area contributed by atoms with Crippen molar-refractivity contribution in [2.24, 2.45) is 0 Å². The number of rotatable bonds is 9. The lowest BCUT2D eigenvalue weighted by Gasteiger charge is -1.99. The fraction of sp³-hybridized carbons (Fsp3) is 0.889. The van der Waals surface area contributed by atoms with E-state index in [-0.39, 0.29) is 6.42 Å². The van der Waals surface area contributed by atoms with E-state index < -0.39 is 5.97 Å². The third-order valence-corrected chi connectivity index (χ3v) is 1.97. The van der Waals surface area contributed by atoms with Gasteiger partial charge in [0, 0.05) is 6.42 Å². The zero-order valence-electron chi connectivity index (χ0n) is 8.28. The highest BCUT2D eigenvalue weighted by molar-refractivity contribution is 5.68. The van der Waals surface area contributed by atoms with Gasteiger partial charge in [-0.2, -0.15) is 5.26 Å². The van der Waals surface area contributed by atoms with Gasteiger partial charge in [-0.15, -0.1) is 0 Å². The van der Waals surface area contributed by atoms with Crippen LogP contribution >= 0.6 is 0 Å². The molecule has 0 rings (SSSR count). The standard InChI is InChI=1S/C9H18O5/c10-9(14-12)7-5-3-1-2-4-6-8-13-11/h11-12H,1-8H2. The molecule has 0 amide bonds. The van der Waals surface area contributed by atoms with Crippen LogP contribution in [-0.4, -0.2) is 23.1 Å². The molecular weight excluding hydrogens is 188 g/mol. The molecule has 0 saturated carbocycles. The summed E-state index contributed by atoms with van der Waals surface area (Å²) >= 11 is 0. The topological polar surface area (TPSA) is 76.0 Å². The minimum atomic E-state index is -0.571. The summed E-state index contributed by atoms with van der Waals surface area (Å²) in [5.41, 5.74) is 0. The Morgan fingerprint density at radius 1 is 0.929 bits per heavy atom. The van der Waals surface area contributed by atoms with Gasteiger partial charge in [0.05, 0.1) is 6.61 Å². The van der Waals surface area contributed by atoms with Crippen molar-refractivity contribution in [2.45, 2.75) is 44.9 Å². The highest BCUT2D eigenvalue weighted by atomic mass is 17.1. The van der Waals surface area contributed by atoms with E-state index >= 15 is 0 Å². The van der Waals surface area contributed by atoms with Crippen LogP contribution in [0.2, 0.25) is 0 Å². The van der Waals surface area contributed by atoms with Crippen molar-refractivity contribution in [3.05, 3.63) is 0 Å². The largest absolute Gasteiger partial charge is 0.342 e. The van der Waals surface area contributed by atoms with Crippen molar-refractivity contribution < 1.29 is 25.1 Å². The average molecular weight is 206 g/mol.